The summed E-state index contributed by atoms with van der Waals surface area (Å²) in [6.45, 7) is 0.981. The Morgan fingerprint density at radius 2 is 2.38 bits per heavy atom. The maximum atomic E-state index is 11.3. The molecule has 2 unspecified atom stereocenters. The van der Waals surface area contributed by atoms with Crippen molar-refractivity contribution in [3.8, 4) is 0 Å². The molecule has 0 aromatic rings. The van der Waals surface area contributed by atoms with E-state index in [4.69, 9.17) is 9.47 Å². The number of hydrogen-bond acceptors (Lipinski definition) is 4. The number of carbonyl (C=O) groups excluding carboxylic acids is 2. The molecule has 0 radical (unpaired) electrons. The quantitative estimate of drug-likeness (QED) is 0.359. The van der Waals surface area contributed by atoms with Crippen LogP contribution in [0, 0.1) is 5.92 Å². The molecule has 0 bridgehead atoms. The summed E-state index contributed by atoms with van der Waals surface area (Å²) < 4.78 is 9.82. The van der Waals surface area contributed by atoms with Crippen molar-refractivity contribution in [2.24, 2.45) is 5.92 Å². The first-order valence-electron chi connectivity index (χ1n) is 4.58. The summed E-state index contributed by atoms with van der Waals surface area (Å²) in [5.41, 5.74) is 0. The minimum Gasteiger partial charge on any atom is -0.462 e. The lowest BCUT2D eigenvalue weighted by molar-refractivity contribution is -0.151. The number of Topliss-reactive ketones (excluding diaryl/α,β-unsaturated/α-hetero) is 1. The van der Waals surface area contributed by atoms with E-state index < -0.39 is 5.92 Å². The van der Waals surface area contributed by atoms with Gasteiger partial charge in [-0.3, -0.25) is 9.59 Å². The Morgan fingerprint density at radius 1 is 1.62 bits per heavy atom. The van der Waals surface area contributed by atoms with Gasteiger partial charge >= 0.3 is 5.97 Å². The fraction of sp³-hybridized carbons (Fsp3) is 0.778. The molecule has 0 amide bonds. The summed E-state index contributed by atoms with van der Waals surface area (Å²) in [7, 11) is 0. The van der Waals surface area contributed by atoms with Crippen molar-refractivity contribution >= 4 is 11.8 Å². The molecule has 4 heteroatoms. The number of carbonyl (C=O) groups is 2. The Hall–Kier alpha value is -0.900. The molecule has 0 aromatic heterocycles. The minimum absolute atomic E-state index is 0.0294. The van der Waals surface area contributed by atoms with Crippen LogP contribution in [-0.2, 0) is 19.1 Å². The zero-order valence-corrected chi connectivity index (χ0v) is 7.32. The van der Waals surface area contributed by atoms with Gasteiger partial charge in [-0.05, 0) is 12.8 Å². The van der Waals surface area contributed by atoms with Crippen molar-refractivity contribution in [3.63, 3.8) is 0 Å². The normalized spacial score (nSPS) is 31.8. The van der Waals surface area contributed by atoms with Crippen LogP contribution in [-0.4, -0.2) is 31.1 Å². The first kappa shape index (κ1) is 8.69. The van der Waals surface area contributed by atoms with E-state index in [2.05, 4.69) is 0 Å². The van der Waals surface area contributed by atoms with Crippen molar-refractivity contribution in [2.45, 2.75) is 25.4 Å². The van der Waals surface area contributed by atoms with E-state index in [0.717, 1.165) is 6.42 Å². The van der Waals surface area contributed by atoms with E-state index in [9.17, 15) is 9.59 Å². The lowest BCUT2D eigenvalue weighted by Gasteiger charge is -2.06. The van der Waals surface area contributed by atoms with E-state index in [1.807, 2.05) is 0 Å². The zero-order valence-electron chi connectivity index (χ0n) is 7.32. The predicted octanol–water partition coefficient (Wildman–Crippen LogP) is 0.298. The van der Waals surface area contributed by atoms with Crippen molar-refractivity contribution in [3.05, 3.63) is 0 Å². The van der Waals surface area contributed by atoms with Gasteiger partial charge in [0.15, 0.2) is 0 Å². The van der Waals surface area contributed by atoms with Gasteiger partial charge in [0.05, 0.1) is 6.61 Å². The smallest absolute Gasteiger partial charge is 0.316 e. The third-order valence-corrected chi connectivity index (χ3v) is 2.40. The highest BCUT2D eigenvalue weighted by Gasteiger charge is 2.33. The van der Waals surface area contributed by atoms with Crippen molar-refractivity contribution < 1.29 is 19.1 Å². The molecule has 1 saturated heterocycles. The van der Waals surface area contributed by atoms with Gasteiger partial charge in [0.1, 0.15) is 24.4 Å². The Labute approximate surface area is 76.2 Å². The van der Waals surface area contributed by atoms with Crippen LogP contribution in [0.1, 0.15) is 19.3 Å². The van der Waals surface area contributed by atoms with Crippen molar-refractivity contribution in [2.75, 3.05) is 13.2 Å². The summed E-state index contributed by atoms with van der Waals surface area (Å²) >= 11 is 0. The standard InChI is InChI=1S/C9H12O4/c10-8-3-1-2-7(8)9(11)13-5-6-4-12-6/h6-7H,1-5H2. The number of esters is 1. The second-order valence-electron chi connectivity index (χ2n) is 3.50. The maximum absolute atomic E-state index is 11.3. The molecule has 0 N–H and O–H groups in total. The van der Waals surface area contributed by atoms with Crippen molar-refractivity contribution in [1.29, 1.82) is 0 Å². The molecular formula is C9H12O4. The third-order valence-electron chi connectivity index (χ3n) is 2.40. The van der Waals surface area contributed by atoms with Crippen LogP contribution in [0.5, 0.6) is 0 Å². The van der Waals surface area contributed by atoms with E-state index >= 15 is 0 Å². The van der Waals surface area contributed by atoms with Gasteiger partial charge in [-0.1, -0.05) is 0 Å². The summed E-state index contributed by atoms with van der Waals surface area (Å²) in [5.74, 6) is -0.821. The molecule has 13 heavy (non-hydrogen) atoms. The molecule has 72 valence electrons. The second-order valence-corrected chi connectivity index (χ2v) is 3.50. The van der Waals surface area contributed by atoms with Crippen LogP contribution in [0.15, 0.2) is 0 Å². The van der Waals surface area contributed by atoms with Gasteiger partial charge in [0.25, 0.3) is 0 Å². The highest BCUT2D eigenvalue weighted by Crippen LogP contribution is 2.23. The van der Waals surface area contributed by atoms with Gasteiger partial charge in [-0.15, -0.1) is 0 Å². The first-order chi connectivity index (χ1) is 6.27. The van der Waals surface area contributed by atoms with Crippen LogP contribution >= 0.6 is 0 Å². The highest BCUT2D eigenvalue weighted by atomic mass is 16.6. The fourth-order valence-corrected chi connectivity index (χ4v) is 1.50. The molecule has 1 saturated carbocycles. The van der Waals surface area contributed by atoms with E-state index in [0.29, 0.717) is 26.1 Å². The maximum Gasteiger partial charge on any atom is 0.316 e. The second kappa shape index (κ2) is 3.46. The summed E-state index contributed by atoms with van der Waals surface area (Å²) in [6.07, 6.45) is 2.09. The molecule has 4 nitrogen and oxygen atoms in total. The monoisotopic (exact) mass is 184 g/mol. The van der Waals surface area contributed by atoms with E-state index in [1.54, 1.807) is 0 Å². The molecule has 0 aromatic carbocycles. The largest absolute Gasteiger partial charge is 0.462 e. The Balaban J connectivity index is 1.77. The van der Waals surface area contributed by atoms with Crippen LogP contribution in [0.3, 0.4) is 0 Å². The fourth-order valence-electron chi connectivity index (χ4n) is 1.50. The minimum atomic E-state index is -0.487. The van der Waals surface area contributed by atoms with Gasteiger partial charge in [0.2, 0.25) is 0 Å². The van der Waals surface area contributed by atoms with Gasteiger partial charge in [-0.2, -0.15) is 0 Å². The number of hydrogen-bond donors (Lipinski definition) is 0. The SMILES string of the molecule is O=C1CCCC1C(=O)OCC1CO1. The van der Waals surface area contributed by atoms with Crippen molar-refractivity contribution in [1.82, 2.24) is 0 Å². The number of epoxide rings is 1. The molecule has 1 aliphatic heterocycles. The molecule has 2 rings (SSSR count). The first-order valence-corrected chi connectivity index (χ1v) is 4.58. The Bertz CT molecular complexity index is 232. The average Bonchev–Trinajstić information content (AvgIpc) is 2.84. The summed E-state index contributed by atoms with van der Waals surface area (Å²) in [4.78, 5) is 22.4. The molecule has 1 aliphatic carbocycles. The van der Waals surface area contributed by atoms with E-state index in [1.165, 1.54) is 0 Å². The lowest BCUT2D eigenvalue weighted by Crippen LogP contribution is -2.22. The van der Waals surface area contributed by atoms with Crippen LogP contribution < -0.4 is 0 Å². The molecule has 2 atom stereocenters. The molecule has 1 heterocycles. The van der Waals surface area contributed by atoms with Crippen LogP contribution in [0.2, 0.25) is 0 Å². The number of ketones is 1. The molecule has 2 aliphatic rings. The average molecular weight is 184 g/mol. The Morgan fingerprint density at radius 3 is 2.92 bits per heavy atom. The molecule has 2 fully saturated rings. The molecule has 0 spiro atoms. The molecular weight excluding hydrogens is 172 g/mol. The van der Waals surface area contributed by atoms with Gasteiger partial charge < -0.3 is 9.47 Å². The predicted molar refractivity (Wildman–Crippen MR) is 43.0 cm³/mol. The highest BCUT2D eigenvalue weighted by molar-refractivity contribution is 6.00. The lowest BCUT2D eigenvalue weighted by atomic mass is 10.1. The van der Waals surface area contributed by atoms with Crippen LogP contribution in [0.4, 0.5) is 0 Å². The van der Waals surface area contributed by atoms with E-state index in [-0.39, 0.29) is 17.9 Å². The third kappa shape index (κ3) is 2.06. The topological polar surface area (TPSA) is 55.9 Å². The van der Waals surface area contributed by atoms with Gasteiger partial charge in [-0.25, -0.2) is 0 Å². The number of ether oxygens (including phenoxy) is 2. The van der Waals surface area contributed by atoms with Crippen LogP contribution in [0.25, 0.3) is 0 Å². The Kier molecular flexibility index (Phi) is 2.31. The number of rotatable bonds is 3. The zero-order chi connectivity index (χ0) is 9.26. The summed E-state index contributed by atoms with van der Waals surface area (Å²) in [6, 6.07) is 0. The van der Waals surface area contributed by atoms with Gasteiger partial charge in [0, 0.05) is 6.42 Å². The summed E-state index contributed by atoms with van der Waals surface area (Å²) in [5, 5.41) is 0.